The first kappa shape index (κ1) is 32.9. The summed E-state index contributed by atoms with van der Waals surface area (Å²) in [5.74, 6) is 2.49. The lowest BCUT2D eigenvalue weighted by Crippen LogP contribution is -2.32. The third kappa shape index (κ3) is 6.82. The number of hydrogen-bond donors (Lipinski definition) is 1. The lowest BCUT2D eigenvalue weighted by Gasteiger charge is -2.41. The van der Waals surface area contributed by atoms with Crippen molar-refractivity contribution < 1.29 is 0 Å². The number of nitrogens with one attached hydrogen (secondary N) is 1. The molecule has 2 atom stereocenters. The number of nitrogens with zero attached hydrogens (tertiary/aromatic N) is 5. The van der Waals surface area contributed by atoms with Crippen molar-refractivity contribution in [3.63, 3.8) is 0 Å². The molecule has 0 fully saturated rings. The van der Waals surface area contributed by atoms with Crippen LogP contribution in [0, 0.1) is 0 Å². The molecular weight excluding hydrogens is 661 g/mol. The zero-order chi connectivity index (χ0) is 36.1. The van der Waals surface area contributed by atoms with E-state index in [0.29, 0.717) is 23.3 Å². The summed E-state index contributed by atoms with van der Waals surface area (Å²) in [6.07, 6.45) is -0.556. The van der Waals surface area contributed by atoms with Crippen molar-refractivity contribution in [2.75, 3.05) is 0 Å². The molecule has 0 bridgehead atoms. The Kier molecular flexibility index (Phi) is 9.07. The lowest BCUT2D eigenvalue weighted by molar-refractivity contribution is 0.488. The average Bonchev–Trinajstić information content (AvgIpc) is 3.27. The van der Waals surface area contributed by atoms with Gasteiger partial charge in [-0.1, -0.05) is 200 Å². The van der Waals surface area contributed by atoms with Gasteiger partial charge >= 0.3 is 0 Å². The van der Waals surface area contributed by atoms with Crippen LogP contribution in [0.5, 0.6) is 0 Å². The Morgan fingerprint density at radius 1 is 0.352 bits per heavy atom. The van der Waals surface area contributed by atoms with Gasteiger partial charge in [0.05, 0.1) is 0 Å². The van der Waals surface area contributed by atoms with Crippen LogP contribution in [0.15, 0.2) is 199 Å². The maximum Gasteiger partial charge on any atom is 0.164 e. The molecule has 8 aromatic rings. The summed E-state index contributed by atoms with van der Waals surface area (Å²) in [6.45, 7) is 0. The Morgan fingerprint density at radius 3 is 1.37 bits per heavy atom. The number of benzene rings is 7. The Hall–Kier alpha value is -7.02. The average molecular weight is 696 g/mol. The highest BCUT2D eigenvalue weighted by Gasteiger charge is 2.21. The normalized spacial score (nSPS) is 15.2. The van der Waals surface area contributed by atoms with Gasteiger partial charge in [0.1, 0.15) is 0 Å². The van der Waals surface area contributed by atoms with Crippen molar-refractivity contribution in [2.24, 2.45) is 4.99 Å². The first-order valence-electron chi connectivity index (χ1n) is 18.1. The fourth-order valence-corrected chi connectivity index (χ4v) is 6.86. The molecule has 1 aliphatic heterocycles. The smallest absolute Gasteiger partial charge is 0.164 e. The first-order valence-corrected chi connectivity index (χ1v) is 18.1. The quantitative estimate of drug-likeness (QED) is 0.172. The predicted molar refractivity (Wildman–Crippen MR) is 218 cm³/mol. The van der Waals surface area contributed by atoms with Crippen LogP contribution in [-0.2, 0) is 0 Å². The molecule has 0 saturated heterocycles. The molecule has 1 aliphatic rings. The van der Waals surface area contributed by atoms with E-state index in [1.165, 1.54) is 0 Å². The summed E-state index contributed by atoms with van der Waals surface area (Å²) < 4.78 is 0. The van der Waals surface area contributed by atoms with Gasteiger partial charge in [-0.2, -0.15) is 0 Å². The molecule has 258 valence electrons. The second kappa shape index (κ2) is 14.9. The number of hydrogen-bond acceptors (Lipinski definition) is 5. The van der Waals surface area contributed by atoms with E-state index in [4.69, 9.17) is 25.3 Å². The molecule has 54 heavy (non-hydrogen) atoms. The highest BCUT2D eigenvalue weighted by molar-refractivity contribution is 6.13. The van der Waals surface area contributed by atoms with Crippen molar-refractivity contribution in [3.8, 4) is 56.4 Å². The summed E-state index contributed by atoms with van der Waals surface area (Å²) in [7, 11) is 0. The van der Waals surface area contributed by atoms with Crippen LogP contribution in [0.25, 0.3) is 61.7 Å². The maximum atomic E-state index is 5.22. The molecule has 7 aromatic carbocycles. The summed E-state index contributed by atoms with van der Waals surface area (Å²) in [5.41, 5.74) is 10.1. The van der Waals surface area contributed by atoms with Gasteiger partial charge in [0.25, 0.3) is 0 Å². The van der Waals surface area contributed by atoms with E-state index in [1.54, 1.807) is 0 Å². The number of amidine groups is 1. The van der Waals surface area contributed by atoms with Gasteiger partial charge in [0, 0.05) is 29.0 Å². The second-order valence-corrected chi connectivity index (χ2v) is 13.1. The zero-order valence-corrected chi connectivity index (χ0v) is 29.4. The van der Waals surface area contributed by atoms with Crippen molar-refractivity contribution in [3.05, 3.63) is 216 Å². The predicted octanol–water partition coefficient (Wildman–Crippen LogP) is 11.3. The molecule has 6 nitrogen and oxygen atoms in total. The van der Waals surface area contributed by atoms with E-state index in [9.17, 15) is 0 Å². The van der Waals surface area contributed by atoms with E-state index in [0.717, 1.165) is 55.6 Å². The second-order valence-electron chi connectivity index (χ2n) is 13.1. The van der Waals surface area contributed by atoms with E-state index in [-0.39, 0.29) is 12.3 Å². The molecular formula is C48H35N6-. The van der Waals surface area contributed by atoms with Gasteiger partial charge in [-0.25, -0.2) is 15.0 Å². The van der Waals surface area contributed by atoms with Gasteiger partial charge in [0.15, 0.2) is 17.5 Å². The summed E-state index contributed by atoms with van der Waals surface area (Å²) in [4.78, 5) is 20.5. The van der Waals surface area contributed by atoms with Crippen molar-refractivity contribution in [2.45, 2.75) is 12.3 Å². The fourth-order valence-electron chi connectivity index (χ4n) is 6.86. The van der Waals surface area contributed by atoms with Gasteiger partial charge in [0.2, 0.25) is 0 Å². The fraction of sp³-hybridized carbons (Fsp3) is 0.0417. The number of aliphatic imine (C=N–C) groups is 1. The van der Waals surface area contributed by atoms with Gasteiger partial charge in [-0.3, -0.25) is 0 Å². The Bertz CT molecular complexity index is 2540. The molecule has 1 aromatic heterocycles. The Morgan fingerprint density at radius 2 is 0.759 bits per heavy atom. The van der Waals surface area contributed by atoms with E-state index in [1.807, 2.05) is 84.9 Å². The molecule has 9 rings (SSSR count). The minimum absolute atomic E-state index is 0.278. The summed E-state index contributed by atoms with van der Waals surface area (Å²) >= 11 is 0. The van der Waals surface area contributed by atoms with Crippen molar-refractivity contribution in [1.29, 1.82) is 0 Å². The summed E-state index contributed by atoms with van der Waals surface area (Å²) in [6, 6.07) is 66.1. The van der Waals surface area contributed by atoms with E-state index < -0.39 is 0 Å². The topological polar surface area (TPSA) is 77.2 Å². The van der Waals surface area contributed by atoms with E-state index in [2.05, 4.69) is 115 Å². The molecule has 0 amide bonds. The van der Waals surface area contributed by atoms with Crippen LogP contribution < -0.4 is 5.32 Å². The summed E-state index contributed by atoms with van der Waals surface area (Å²) in [5, 5.41) is 8.88. The van der Waals surface area contributed by atoms with Crippen LogP contribution in [0.4, 0.5) is 0 Å². The monoisotopic (exact) mass is 695 g/mol. The van der Waals surface area contributed by atoms with Gasteiger partial charge in [-0.15, -0.1) is 0 Å². The minimum atomic E-state index is -0.278. The Balaban J connectivity index is 1.16. The SMILES string of the molecule is c1ccc(-c2ccc(-c3nc(-c4ccccc4)nc(-c4ccccc4-c4ccccc4C4=NC(c5ccccc5)NC(c5ccccc5)[N-]4)n3)cc2)cc1. The first-order chi connectivity index (χ1) is 26.8. The van der Waals surface area contributed by atoms with Gasteiger partial charge in [-0.05, 0) is 38.9 Å². The standard InChI is InChI=1S/C48H35N6/c1-5-17-33(18-6-1)34-29-31-38(32-30-34)46-50-45(37-23-11-4-12-24-37)53-48(54-46)42-28-16-14-26-40(42)39-25-13-15-27-41(39)47-51-43(35-19-7-2-8-20-35)49-44(52-47)36-21-9-3-10-22-36/h1-32,43-44,49H/q-1. The van der Waals surface area contributed by atoms with Crippen molar-refractivity contribution in [1.82, 2.24) is 20.3 Å². The Labute approximate surface area is 315 Å². The zero-order valence-electron chi connectivity index (χ0n) is 29.4. The minimum Gasteiger partial charge on any atom is -0.445 e. The lowest BCUT2D eigenvalue weighted by atomic mass is 9.93. The molecule has 2 heterocycles. The van der Waals surface area contributed by atoms with Crippen LogP contribution in [0.3, 0.4) is 0 Å². The molecule has 2 unspecified atom stereocenters. The van der Waals surface area contributed by atoms with Crippen LogP contribution >= 0.6 is 0 Å². The largest absolute Gasteiger partial charge is 0.445 e. The van der Waals surface area contributed by atoms with Crippen LogP contribution in [0.2, 0.25) is 0 Å². The third-order valence-corrected chi connectivity index (χ3v) is 9.59. The third-order valence-electron chi connectivity index (χ3n) is 9.59. The number of rotatable bonds is 8. The maximum absolute atomic E-state index is 5.22. The van der Waals surface area contributed by atoms with Crippen molar-refractivity contribution >= 4 is 5.84 Å². The van der Waals surface area contributed by atoms with Crippen LogP contribution in [0.1, 0.15) is 29.0 Å². The highest BCUT2D eigenvalue weighted by Crippen LogP contribution is 2.38. The molecule has 0 radical (unpaired) electrons. The molecule has 0 spiro atoms. The number of aromatic nitrogens is 3. The van der Waals surface area contributed by atoms with Gasteiger partial charge < -0.3 is 15.6 Å². The molecule has 0 saturated carbocycles. The highest BCUT2D eigenvalue weighted by atomic mass is 15.3. The van der Waals surface area contributed by atoms with Crippen LogP contribution in [-0.4, -0.2) is 20.8 Å². The molecule has 6 heteroatoms. The molecule has 0 aliphatic carbocycles. The molecule has 1 N–H and O–H groups in total. The van der Waals surface area contributed by atoms with E-state index >= 15 is 0 Å².